The molecule has 0 aromatic carbocycles. The van der Waals surface area contributed by atoms with Gasteiger partial charge in [0.2, 0.25) is 0 Å². The van der Waals surface area contributed by atoms with E-state index in [1.807, 2.05) is 13.8 Å². The average molecular weight is 280 g/mol. The highest BCUT2D eigenvalue weighted by Gasteiger charge is 2.63. The Bertz CT molecular complexity index is 554. The van der Waals surface area contributed by atoms with Gasteiger partial charge in [0.15, 0.2) is 0 Å². The summed E-state index contributed by atoms with van der Waals surface area (Å²) in [5.41, 5.74) is -0.295. The summed E-state index contributed by atoms with van der Waals surface area (Å²) in [7, 11) is 0. The first kappa shape index (κ1) is 14.6. The van der Waals surface area contributed by atoms with Crippen LogP contribution in [0, 0.1) is 11.3 Å². The van der Waals surface area contributed by atoms with E-state index in [9.17, 15) is 9.59 Å². The van der Waals surface area contributed by atoms with Crippen molar-refractivity contribution in [2.75, 3.05) is 0 Å². The lowest BCUT2D eigenvalue weighted by molar-refractivity contribution is -0.139. The lowest BCUT2D eigenvalue weighted by Gasteiger charge is -2.19. The van der Waals surface area contributed by atoms with Gasteiger partial charge in [-0.3, -0.25) is 4.79 Å². The SMILES string of the molecule is CC(C)(C)OC(=O)n1cnc([C@@H]2[C@@H](C(=O)O)C2(C)C)c1. The smallest absolute Gasteiger partial charge is 0.419 e. The second kappa shape index (κ2) is 4.33. The van der Waals surface area contributed by atoms with E-state index in [1.54, 1.807) is 27.0 Å². The largest absolute Gasteiger partial charge is 0.481 e. The molecule has 0 aliphatic heterocycles. The standard InChI is InChI=1S/C14H20N2O4/c1-13(2,3)20-12(19)16-6-8(15-7-16)9-10(11(17)18)14(9,4)5/h6-7,9-10H,1-5H3,(H,17,18)/t9-,10+/m1/s1. The first-order chi connectivity index (χ1) is 9.04. The minimum absolute atomic E-state index is 0.163. The molecule has 0 amide bonds. The third-order valence-corrected chi connectivity index (χ3v) is 3.62. The Morgan fingerprint density at radius 3 is 2.45 bits per heavy atom. The molecule has 1 N–H and O–H groups in total. The zero-order chi connectivity index (χ0) is 15.3. The zero-order valence-electron chi connectivity index (χ0n) is 12.4. The van der Waals surface area contributed by atoms with Crippen LogP contribution in [0.1, 0.15) is 46.2 Å². The molecule has 6 nitrogen and oxygen atoms in total. The summed E-state index contributed by atoms with van der Waals surface area (Å²) in [5, 5.41) is 9.16. The van der Waals surface area contributed by atoms with Crippen LogP contribution in [-0.2, 0) is 9.53 Å². The van der Waals surface area contributed by atoms with Crippen LogP contribution in [0.5, 0.6) is 0 Å². The van der Waals surface area contributed by atoms with E-state index < -0.39 is 23.6 Å². The molecule has 110 valence electrons. The number of aromatic nitrogens is 2. The molecule has 1 saturated carbocycles. The maximum absolute atomic E-state index is 11.9. The highest BCUT2D eigenvalue weighted by Crippen LogP contribution is 2.63. The van der Waals surface area contributed by atoms with Gasteiger partial charge >= 0.3 is 12.1 Å². The molecule has 1 aromatic heterocycles. The fourth-order valence-corrected chi connectivity index (χ4v) is 2.56. The molecular formula is C14H20N2O4. The number of rotatable bonds is 2. The van der Waals surface area contributed by atoms with Gasteiger partial charge in [0.1, 0.15) is 11.9 Å². The number of carboxylic acid groups (broad SMARTS) is 1. The van der Waals surface area contributed by atoms with Crippen molar-refractivity contribution in [3.05, 3.63) is 18.2 Å². The number of ether oxygens (including phenoxy) is 1. The number of carboxylic acids is 1. The quantitative estimate of drug-likeness (QED) is 0.900. The van der Waals surface area contributed by atoms with Crippen molar-refractivity contribution in [2.24, 2.45) is 11.3 Å². The number of carbonyl (C=O) groups is 2. The number of imidazole rings is 1. The first-order valence-corrected chi connectivity index (χ1v) is 6.54. The molecule has 0 spiro atoms. The summed E-state index contributed by atoms with van der Waals surface area (Å²) in [6.07, 6.45) is 2.42. The minimum Gasteiger partial charge on any atom is -0.481 e. The normalized spacial score (nSPS) is 24.2. The van der Waals surface area contributed by atoms with Crippen molar-refractivity contribution in [3.8, 4) is 0 Å². The van der Waals surface area contributed by atoms with Gasteiger partial charge in [-0.2, -0.15) is 0 Å². The fraction of sp³-hybridized carbons (Fsp3) is 0.643. The lowest BCUT2D eigenvalue weighted by Crippen LogP contribution is -2.26. The highest BCUT2D eigenvalue weighted by molar-refractivity contribution is 5.77. The number of hydrogen-bond donors (Lipinski definition) is 1. The van der Waals surface area contributed by atoms with E-state index >= 15 is 0 Å². The van der Waals surface area contributed by atoms with Crippen LogP contribution >= 0.6 is 0 Å². The average Bonchev–Trinajstić information content (AvgIpc) is 2.67. The Morgan fingerprint density at radius 2 is 2.00 bits per heavy atom. The Labute approximate surface area is 117 Å². The van der Waals surface area contributed by atoms with E-state index in [-0.39, 0.29) is 11.3 Å². The summed E-state index contributed by atoms with van der Waals surface area (Å²) in [5.74, 6) is -1.44. The summed E-state index contributed by atoms with van der Waals surface area (Å²) in [6.45, 7) is 9.14. The van der Waals surface area contributed by atoms with Crippen molar-refractivity contribution in [2.45, 2.75) is 46.1 Å². The van der Waals surface area contributed by atoms with Gasteiger partial charge < -0.3 is 9.84 Å². The second-order valence-corrected chi connectivity index (χ2v) is 6.80. The Morgan fingerprint density at radius 1 is 1.40 bits per heavy atom. The van der Waals surface area contributed by atoms with Gasteiger partial charge in [-0.25, -0.2) is 14.3 Å². The van der Waals surface area contributed by atoms with Crippen LogP contribution < -0.4 is 0 Å². The summed E-state index contributed by atoms with van der Waals surface area (Å²) in [6, 6.07) is 0. The van der Waals surface area contributed by atoms with E-state index in [2.05, 4.69) is 4.98 Å². The summed E-state index contributed by atoms with van der Waals surface area (Å²) < 4.78 is 6.49. The maximum atomic E-state index is 11.9. The van der Waals surface area contributed by atoms with Gasteiger partial charge in [-0.1, -0.05) is 13.8 Å². The zero-order valence-corrected chi connectivity index (χ0v) is 12.4. The Kier molecular flexibility index (Phi) is 3.15. The van der Waals surface area contributed by atoms with Crippen LogP contribution in [0.2, 0.25) is 0 Å². The van der Waals surface area contributed by atoms with Crippen LogP contribution in [0.4, 0.5) is 4.79 Å². The lowest BCUT2D eigenvalue weighted by atomic mass is 10.1. The molecule has 6 heteroatoms. The first-order valence-electron chi connectivity index (χ1n) is 6.54. The van der Waals surface area contributed by atoms with Gasteiger partial charge in [0.25, 0.3) is 0 Å². The minimum atomic E-state index is -0.827. The predicted octanol–water partition coefficient (Wildman–Crippen LogP) is 2.49. The maximum Gasteiger partial charge on any atom is 0.419 e. The molecule has 1 aromatic rings. The predicted molar refractivity (Wildman–Crippen MR) is 71.5 cm³/mol. The topological polar surface area (TPSA) is 81.4 Å². The van der Waals surface area contributed by atoms with Crippen LogP contribution in [-0.4, -0.2) is 32.3 Å². The van der Waals surface area contributed by atoms with E-state index in [4.69, 9.17) is 9.84 Å². The van der Waals surface area contributed by atoms with E-state index in [0.717, 1.165) is 0 Å². The van der Waals surface area contributed by atoms with Gasteiger partial charge in [-0.05, 0) is 26.2 Å². The number of hydrogen-bond acceptors (Lipinski definition) is 4. The second-order valence-electron chi connectivity index (χ2n) is 6.80. The molecule has 1 heterocycles. The number of carbonyl (C=O) groups excluding carboxylic acids is 1. The van der Waals surface area contributed by atoms with Gasteiger partial charge in [0, 0.05) is 12.1 Å². The molecule has 2 atom stereocenters. The Balaban J connectivity index is 2.15. The molecule has 1 aliphatic rings. The third-order valence-electron chi connectivity index (χ3n) is 3.62. The van der Waals surface area contributed by atoms with Crippen molar-refractivity contribution >= 4 is 12.1 Å². The van der Waals surface area contributed by atoms with Crippen molar-refractivity contribution < 1.29 is 19.4 Å². The fourth-order valence-electron chi connectivity index (χ4n) is 2.56. The monoisotopic (exact) mass is 280 g/mol. The van der Waals surface area contributed by atoms with Crippen LogP contribution in [0.3, 0.4) is 0 Å². The molecular weight excluding hydrogens is 260 g/mol. The highest BCUT2D eigenvalue weighted by atomic mass is 16.6. The van der Waals surface area contributed by atoms with E-state index in [0.29, 0.717) is 5.69 Å². The van der Waals surface area contributed by atoms with Crippen molar-refractivity contribution in [3.63, 3.8) is 0 Å². The molecule has 2 rings (SSSR count). The molecule has 1 aliphatic carbocycles. The third kappa shape index (κ3) is 2.55. The summed E-state index contributed by atoms with van der Waals surface area (Å²) in [4.78, 5) is 27.2. The number of aliphatic carboxylic acids is 1. The molecule has 0 unspecified atom stereocenters. The van der Waals surface area contributed by atoms with Crippen LogP contribution in [0.25, 0.3) is 0 Å². The molecule has 20 heavy (non-hydrogen) atoms. The number of nitrogens with zero attached hydrogens (tertiary/aromatic N) is 2. The Hall–Kier alpha value is -1.85. The van der Waals surface area contributed by atoms with Crippen molar-refractivity contribution in [1.82, 2.24) is 9.55 Å². The molecule has 1 fully saturated rings. The summed E-state index contributed by atoms with van der Waals surface area (Å²) >= 11 is 0. The van der Waals surface area contributed by atoms with E-state index in [1.165, 1.54) is 10.9 Å². The molecule has 0 bridgehead atoms. The molecule has 0 saturated heterocycles. The van der Waals surface area contributed by atoms with Gasteiger partial charge in [0.05, 0.1) is 11.6 Å². The van der Waals surface area contributed by atoms with Crippen LogP contribution in [0.15, 0.2) is 12.5 Å². The van der Waals surface area contributed by atoms with Gasteiger partial charge in [-0.15, -0.1) is 0 Å². The molecule has 0 radical (unpaired) electrons. The van der Waals surface area contributed by atoms with Crippen molar-refractivity contribution in [1.29, 1.82) is 0 Å².